The Morgan fingerprint density at radius 1 is 0.697 bits per heavy atom. The number of benzene rings is 7. The van der Waals surface area contributed by atoms with Crippen molar-refractivity contribution >= 4 is 33.0 Å². The van der Waals surface area contributed by atoms with Gasteiger partial charge < -0.3 is 14.0 Å². The zero-order valence-electron chi connectivity index (χ0n) is 40.3. The van der Waals surface area contributed by atoms with Crippen molar-refractivity contribution in [3.63, 3.8) is 0 Å². The van der Waals surface area contributed by atoms with Gasteiger partial charge in [0.1, 0.15) is 5.58 Å². The van der Waals surface area contributed by atoms with Crippen LogP contribution in [0.4, 0.5) is 0 Å². The van der Waals surface area contributed by atoms with E-state index in [1.165, 1.54) is 11.1 Å². The second-order valence-corrected chi connectivity index (χ2v) is 18.1. The van der Waals surface area contributed by atoms with Crippen molar-refractivity contribution in [2.75, 3.05) is 0 Å². The Hall–Kier alpha value is -6.90. The summed E-state index contributed by atoms with van der Waals surface area (Å²) in [5.41, 5.74) is 14.8. The molecule has 0 aliphatic heterocycles. The van der Waals surface area contributed by atoms with Crippen LogP contribution < -0.4 is 0 Å². The van der Waals surface area contributed by atoms with Gasteiger partial charge in [-0.3, -0.25) is 4.98 Å². The average molecular weight is 1040 g/mol. The summed E-state index contributed by atoms with van der Waals surface area (Å²) in [5.74, 6) is 1.15. The minimum absolute atomic E-state index is 0. The van der Waals surface area contributed by atoms with Crippen molar-refractivity contribution in [3.05, 3.63) is 198 Å². The van der Waals surface area contributed by atoms with Gasteiger partial charge in [0, 0.05) is 40.1 Å². The van der Waals surface area contributed by atoms with Gasteiger partial charge in [-0.1, -0.05) is 138 Å². The van der Waals surface area contributed by atoms with Gasteiger partial charge in [-0.2, -0.15) is 5.26 Å². The van der Waals surface area contributed by atoms with Crippen LogP contribution in [0.3, 0.4) is 0 Å². The van der Waals surface area contributed by atoms with E-state index < -0.39 is 11.8 Å². The number of pyridine rings is 1. The molecule has 0 fully saturated rings. The van der Waals surface area contributed by atoms with E-state index >= 15 is 0 Å². The van der Waals surface area contributed by atoms with E-state index in [9.17, 15) is 5.26 Å². The third-order valence-electron chi connectivity index (χ3n) is 11.6. The Balaban J connectivity index is 0.000000417. The molecule has 0 N–H and O–H groups in total. The fourth-order valence-corrected chi connectivity index (χ4v) is 8.49. The first kappa shape index (κ1) is 43.0. The number of aromatic nitrogens is 3. The minimum atomic E-state index is -1.43. The molecule has 0 atom stereocenters. The van der Waals surface area contributed by atoms with Crippen LogP contribution in [0.15, 0.2) is 168 Å². The summed E-state index contributed by atoms with van der Waals surface area (Å²) < 4.78 is 26.2. The van der Waals surface area contributed by atoms with Crippen molar-refractivity contribution in [3.8, 4) is 56.7 Å². The molecule has 329 valence electrons. The van der Waals surface area contributed by atoms with Crippen LogP contribution in [-0.4, -0.2) is 14.5 Å². The van der Waals surface area contributed by atoms with Crippen molar-refractivity contribution in [2.24, 2.45) is 5.41 Å². The Morgan fingerprint density at radius 2 is 1.35 bits per heavy atom. The Labute approximate surface area is 405 Å². The molecule has 0 saturated carbocycles. The second-order valence-electron chi connectivity index (χ2n) is 18.1. The summed E-state index contributed by atoms with van der Waals surface area (Å²) >= 11 is 0. The Kier molecular flexibility index (Phi) is 12.6. The Bertz CT molecular complexity index is 3350. The molecule has 0 aliphatic carbocycles. The monoisotopic (exact) mass is 1040 g/mol. The van der Waals surface area contributed by atoms with Crippen molar-refractivity contribution in [2.45, 2.75) is 66.7 Å². The molecule has 0 bridgehead atoms. The molecule has 6 heteroatoms. The predicted molar refractivity (Wildman–Crippen MR) is 268 cm³/mol. The molecule has 0 spiro atoms. The molecule has 10 rings (SSSR count). The van der Waals surface area contributed by atoms with E-state index in [1.807, 2.05) is 118 Å². The number of furan rings is 1. The van der Waals surface area contributed by atoms with Crippen molar-refractivity contribution < 1.29 is 27.3 Å². The fourth-order valence-electron chi connectivity index (χ4n) is 8.49. The zero-order chi connectivity index (χ0) is 47.0. The SMILES string of the molecule is [2H]C([2H])(c1ccc(-c2ccc(-c3cc(C(C)C)c(-n4c(-c5[c-]ccc6c5oc5cc(C#N)ccc56)nc5ccccc54)c(C(C)C)c3)cc2)cc1)C(C)(C)C.[Ir].[c-]1ccccc1-c1ccccn1. The molecule has 3 aromatic heterocycles. The van der Waals surface area contributed by atoms with Gasteiger partial charge >= 0.3 is 0 Å². The molecule has 1 radical (unpaired) electrons. The molecule has 0 unspecified atom stereocenters. The number of imidazole rings is 1. The first-order valence-corrected chi connectivity index (χ1v) is 22.3. The van der Waals surface area contributed by atoms with Gasteiger partial charge in [-0.15, -0.1) is 54.1 Å². The molecule has 3 heterocycles. The number of para-hydroxylation sites is 2. The average Bonchev–Trinajstić information content (AvgIpc) is 3.92. The number of fused-ring (bicyclic) bond motifs is 4. The number of rotatable bonds is 8. The molecule has 0 aliphatic rings. The first-order chi connectivity index (χ1) is 32.2. The van der Waals surface area contributed by atoms with Gasteiger partial charge in [-0.25, -0.2) is 0 Å². The van der Waals surface area contributed by atoms with Crippen LogP contribution in [0.5, 0.6) is 0 Å². The minimum Gasteiger partial charge on any atom is -0.500 e. The molecule has 5 nitrogen and oxygen atoms in total. The summed E-state index contributed by atoms with van der Waals surface area (Å²) in [6.07, 6.45) is 0.353. The number of nitriles is 1. The van der Waals surface area contributed by atoms with Gasteiger partial charge in [0.15, 0.2) is 0 Å². The van der Waals surface area contributed by atoms with E-state index in [2.05, 4.69) is 110 Å². The van der Waals surface area contributed by atoms with Gasteiger partial charge in [0.2, 0.25) is 0 Å². The largest absolute Gasteiger partial charge is 0.500 e. The maximum absolute atomic E-state index is 9.57. The number of hydrogen-bond donors (Lipinski definition) is 0. The summed E-state index contributed by atoms with van der Waals surface area (Å²) in [6.45, 7) is 14.8. The third-order valence-corrected chi connectivity index (χ3v) is 11.6. The van der Waals surface area contributed by atoms with Crippen LogP contribution in [0, 0.1) is 28.9 Å². The first-order valence-electron chi connectivity index (χ1n) is 23.3. The predicted octanol–water partition coefficient (Wildman–Crippen LogP) is 16.0. The van der Waals surface area contributed by atoms with E-state index in [0.29, 0.717) is 22.3 Å². The topological polar surface area (TPSA) is 67.6 Å². The third kappa shape index (κ3) is 9.42. The van der Waals surface area contributed by atoms with E-state index in [1.54, 1.807) is 12.3 Å². The molecule has 7 aromatic carbocycles. The van der Waals surface area contributed by atoms with E-state index in [-0.39, 0.29) is 31.9 Å². The maximum atomic E-state index is 9.57. The quantitative estimate of drug-likeness (QED) is 0.142. The van der Waals surface area contributed by atoms with Crippen LogP contribution in [0.25, 0.3) is 83.6 Å². The smallest absolute Gasteiger partial charge is 0.122 e. The molecule has 66 heavy (non-hydrogen) atoms. The summed E-state index contributed by atoms with van der Waals surface area (Å²) in [5, 5.41) is 11.5. The second kappa shape index (κ2) is 19.3. The zero-order valence-corrected chi connectivity index (χ0v) is 40.7. The van der Waals surface area contributed by atoms with Crippen LogP contribution in [0.2, 0.25) is 0 Å². The van der Waals surface area contributed by atoms with Crippen LogP contribution in [0.1, 0.15) is 85.3 Å². The summed E-state index contributed by atoms with van der Waals surface area (Å²) in [4.78, 5) is 9.48. The summed E-state index contributed by atoms with van der Waals surface area (Å²) in [7, 11) is 0. The van der Waals surface area contributed by atoms with Crippen LogP contribution >= 0.6 is 0 Å². The molecule has 0 amide bonds. The van der Waals surface area contributed by atoms with Crippen molar-refractivity contribution in [1.29, 1.82) is 5.26 Å². The maximum Gasteiger partial charge on any atom is 0.122 e. The van der Waals surface area contributed by atoms with Gasteiger partial charge in [0.05, 0.1) is 34.1 Å². The van der Waals surface area contributed by atoms with Gasteiger partial charge in [-0.05, 0) is 111 Å². The normalized spacial score (nSPS) is 12.1. The molecular weight excluding hydrogens is 985 g/mol. The Morgan fingerprint density at radius 3 is 1.97 bits per heavy atom. The van der Waals surface area contributed by atoms with E-state index in [0.717, 1.165) is 72.4 Å². The van der Waals surface area contributed by atoms with E-state index in [4.69, 9.17) is 12.1 Å². The van der Waals surface area contributed by atoms with Gasteiger partial charge in [0.25, 0.3) is 0 Å². The molecule has 0 saturated heterocycles. The molecular formula is C60H52IrN4O-2. The number of nitrogens with zero attached hydrogens (tertiary/aromatic N) is 4. The standard InChI is InChI=1S/C49H44N3O.C11H8N.Ir/c1-30(2)41-26-37(36-22-20-35(21-23-36)34-18-15-32(16-19-34)28-49(5,6)7)27-42(31(3)4)46(41)52-44-14-9-8-13-43(44)51-48(52)40-12-10-11-39-38-24-17-33(29-50)25-45(38)53-47(39)40;1-2-6-10(7-3-1)11-8-4-5-9-12-11;/h8-11,13-27,30-31H,28H2,1-7H3;1-6,8-9H;/q2*-1;/i28D2;;. The summed E-state index contributed by atoms with van der Waals surface area (Å²) in [6, 6.07) is 61.6. The fraction of sp³-hybridized carbons (Fsp3) is 0.183. The number of hydrogen-bond acceptors (Lipinski definition) is 4. The van der Waals surface area contributed by atoms with Crippen molar-refractivity contribution in [1.82, 2.24) is 14.5 Å². The molecule has 10 aromatic rings. The van der Waals surface area contributed by atoms with Crippen LogP contribution in [-0.2, 0) is 26.5 Å².